The number of aromatic amines is 1. The highest BCUT2D eigenvalue weighted by Crippen LogP contribution is 2.25. The third-order valence-electron chi connectivity index (χ3n) is 4.98. The molecule has 1 aliphatic rings. The minimum Gasteiger partial charge on any atom is -0.342 e. The molecule has 2 aromatic heterocycles. The van der Waals surface area contributed by atoms with Crippen molar-refractivity contribution in [3.8, 4) is 5.69 Å². The minimum absolute atomic E-state index is 0.0997. The molecule has 0 bridgehead atoms. The second-order valence-corrected chi connectivity index (χ2v) is 8.29. The number of nitrogens with zero attached hydrogens (tertiary/aromatic N) is 4. The summed E-state index contributed by atoms with van der Waals surface area (Å²) < 4.78 is 1.73. The number of carbonyl (C=O) groups excluding carboxylic acids is 1. The van der Waals surface area contributed by atoms with E-state index in [1.54, 1.807) is 4.57 Å². The van der Waals surface area contributed by atoms with Crippen LogP contribution < -0.4 is 5.49 Å². The third kappa shape index (κ3) is 3.42. The molecular weight excluding hydrogens is 396 g/mol. The van der Waals surface area contributed by atoms with Gasteiger partial charge in [-0.1, -0.05) is 29.4 Å². The Balaban J connectivity index is 1.78. The lowest BCUT2D eigenvalue weighted by Gasteiger charge is -2.17. The van der Waals surface area contributed by atoms with Gasteiger partial charge in [-0.25, -0.2) is 4.98 Å². The van der Waals surface area contributed by atoms with Gasteiger partial charge >= 0.3 is 0 Å². The molecule has 0 atom stereocenters. The van der Waals surface area contributed by atoms with Crippen LogP contribution in [0.1, 0.15) is 24.1 Å². The number of amides is 1. The van der Waals surface area contributed by atoms with Gasteiger partial charge in [-0.3, -0.25) is 19.9 Å². The van der Waals surface area contributed by atoms with Crippen LogP contribution in [0.25, 0.3) is 16.7 Å². The molecule has 3 heterocycles. The van der Waals surface area contributed by atoms with Gasteiger partial charge in [0, 0.05) is 23.8 Å². The number of aromatic nitrogens is 4. The minimum atomic E-state index is 0.0997. The van der Waals surface area contributed by atoms with Crippen LogP contribution >= 0.6 is 23.4 Å². The van der Waals surface area contributed by atoms with E-state index in [1.165, 1.54) is 11.8 Å². The first-order valence-corrected chi connectivity index (χ1v) is 10.5. The van der Waals surface area contributed by atoms with Crippen LogP contribution in [0.2, 0.25) is 5.02 Å². The average Bonchev–Trinajstić information content (AvgIpc) is 3.33. The Bertz CT molecular complexity index is 1120. The van der Waals surface area contributed by atoms with Gasteiger partial charge in [-0.2, -0.15) is 5.10 Å². The van der Waals surface area contributed by atoms with Gasteiger partial charge in [0.1, 0.15) is 5.49 Å². The standard InChI is InChI=1S/C19H21ClN6OS/c1-11-5-6-13(9-14(11)20)26-17(21)16-12(2)23-24-18(16)22-19(26)28-10-15(27)25-7-3-4-8-25/h5-6,9,21H,3-4,7-8,10H2,1-2H3,(H,23,24). The van der Waals surface area contributed by atoms with Crippen LogP contribution in [0.3, 0.4) is 0 Å². The van der Waals surface area contributed by atoms with Crippen LogP contribution in [-0.4, -0.2) is 49.4 Å². The molecule has 0 radical (unpaired) electrons. The van der Waals surface area contributed by atoms with Crippen molar-refractivity contribution in [2.24, 2.45) is 0 Å². The normalized spacial score (nSPS) is 14.2. The maximum atomic E-state index is 12.5. The molecule has 1 fully saturated rings. The van der Waals surface area contributed by atoms with Crippen LogP contribution in [-0.2, 0) is 4.79 Å². The van der Waals surface area contributed by atoms with E-state index >= 15 is 0 Å². The first kappa shape index (κ1) is 19.0. The summed E-state index contributed by atoms with van der Waals surface area (Å²) in [6.07, 6.45) is 2.12. The van der Waals surface area contributed by atoms with Crippen molar-refractivity contribution in [1.29, 1.82) is 5.41 Å². The number of nitrogens with one attached hydrogen (secondary N) is 2. The number of benzene rings is 1. The molecule has 3 aromatic rings. The van der Waals surface area contributed by atoms with E-state index in [1.807, 2.05) is 36.9 Å². The summed E-state index contributed by atoms with van der Waals surface area (Å²) in [5.41, 5.74) is 3.24. The fraction of sp³-hybridized carbons (Fsp3) is 0.368. The zero-order chi connectivity index (χ0) is 19.8. The van der Waals surface area contributed by atoms with E-state index in [4.69, 9.17) is 17.0 Å². The number of hydrogen-bond acceptors (Lipinski definition) is 5. The molecule has 1 saturated heterocycles. The summed E-state index contributed by atoms with van der Waals surface area (Å²) in [7, 11) is 0. The lowest BCUT2D eigenvalue weighted by molar-refractivity contribution is -0.127. The maximum Gasteiger partial charge on any atom is 0.233 e. The smallest absolute Gasteiger partial charge is 0.233 e. The van der Waals surface area contributed by atoms with Gasteiger partial charge in [0.25, 0.3) is 0 Å². The molecule has 4 rings (SSSR count). The average molecular weight is 417 g/mol. The molecule has 0 aliphatic carbocycles. The van der Waals surface area contributed by atoms with Gasteiger partial charge in [0.05, 0.1) is 16.8 Å². The highest BCUT2D eigenvalue weighted by Gasteiger charge is 2.20. The van der Waals surface area contributed by atoms with Crippen molar-refractivity contribution in [3.63, 3.8) is 0 Å². The number of thioether (sulfide) groups is 1. The van der Waals surface area contributed by atoms with Crippen molar-refractivity contribution >= 4 is 40.3 Å². The first-order chi connectivity index (χ1) is 13.5. The van der Waals surface area contributed by atoms with Crippen LogP contribution in [0.4, 0.5) is 0 Å². The second-order valence-electron chi connectivity index (χ2n) is 6.94. The molecule has 1 aromatic carbocycles. The molecule has 146 valence electrons. The van der Waals surface area contributed by atoms with Crippen LogP contribution in [0.5, 0.6) is 0 Å². The number of hydrogen-bond donors (Lipinski definition) is 2. The molecule has 1 aliphatic heterocycles. The number of rotatable bonds is 4. The Hall–Kier alpha value is -2.32. The van der Waals surface area contributed by atoms with Crippen molar-refractivity contribution in [2.45, 2.75) is 31.8 Å². The Morgan fingerprint density at radius 3 is 2.79 bits per heavy atom. The summed E-state index contributed by atoms with van der Waals surface area (Å²) in [5.74, 6) is 0.378. The fourth-order valence-electron chi connectivity index (χ4n) is 3.37. The topological polar surface area (TPSA) is 90.7 Å². The van der Waals surface area contributed by atoms with E-state index in [2.05, 4.69) is 15.2 Å². The molecule has 28 heavy (non-hydrogen) atoms. The Kier molecular flexibility index (Phi) is 5.16. The number of halogens is 1. The molecule has 0 unspecified atom stereocenters. The lowest BCUT2D eigenvalue weighted by Crippen LogP contribution is -2.29. The predicted molar refractivity (Wildman–Crippen MR) is 110 cm³/mol. The number of likely N-dealkylation sites (tertiary alicyclic amines) is 1. The van der Waals surface area contributed by atoms with Gasteiger partial charge in [-0.05, 0) is 44.4 Å². The summed E-state index contributed by atoms with van der Waals surface area (Å²) >= 11 is 7.66. The largest absolute Gasteiger partial charge is 0.342 e. The number of H-pyrrole nitrogens is 1. The highest BCUT2D eigenvalue weighted by atomic mass is 35.5. The first-order valence-electron chi connectivity index (χ1n) is 9.15. The van der Waals surface area contributed by atoms with Gasteiger partial charge in [0.15, 0.2) is 10.8 Å². The second kappa shape index (κ2) is 7.60. The summed E-state index contributed by atoms with van der Waals surface area (Å²) in [6, 6.07) is 5.65. The SMILES string of the molecule is Cc1ccc(-n2c(SCC(=O)N3CCCC3)nc3n[nH]c(C)c3c2=N)cc1Cl. The van der Waals surface area contributed by atoms with Crippen molar-refractivity contribution < 1.29 is 4.79 Å². The van der Waals surface area contributed by atoms with Crippen molar-refractivity contribution in [2.75, 3.05) is 18.8 Å². The van der Waals surface area contributed by atoms with Crippen molar-refractivity contribution in [1.82, 2.24) is 24.6 Å². The monoisotopic (exact) mass is 416 g/mol. The molecule has 9 heteroatoms. The Morgan fingerprint density at radius 2 is 2.07 bits per heavy atom. The molecule has 1 amide bonds. The number of carbonyl (C=O) groups is 1. The predicted octanol–water partition coefficient (Wildman–Crippen LogP) is 3.21. The summed E-state index contributed by atoms with van der Waals surface area (Å²) in [5, 5.41) is 17.7. The van der Waals surface area contributed by atoms with E-state index in [9.17, 15) is 4.79 Å². The summed E-state index contributed by atoms with van der Waals surface area (Å²) in [6.45, 7) is 5.44. The van der Waals surface area contributed by atoms with Crippen LogP contribution in [0, 0.1) is 19.3 Å². The van der Waals surface area contributed by atoms with Crippen LogP contribution in [0.15, 0.2) is 23.4 Å². The Morgan fingerprint density at radius 1 is 1.32 bits per heavy atom. The van der Waals surface area contributed by atoms with Gasteiger partial charge < -0.3 is 4.90 Å². The molecule has 7 nitrogen and oxygen atoms in total. The van der Waals surface area contributed by atoms with Gasteiger partial charge in [-0.15, -0.1) is 0 Å². The quantitative estimate of drug-likeness (QED) is 0.504. The number of aryl methyl sites for hydroxylation is 2. The number of fused-ring (bicyclic) bond motifs is 1. The maximum absolute atomic E-state index is 12.5. The van der Waals surface area contributed by atoms with E-state index < -0.39 is 0 Å². The zero-order valence-electron chi connectivity index (χ0n) is 15.8. The lowest BCUT2D eigenvalue weighted by atomic mass is 10.2. The third-order valence-corrected chi connectivity index (χ3v) is 6.31. The van der Waals surface area contributed by atoms with E-state index in [0.29, 0.717) is 21.2 Å². The van der Waals surface area contributed by atoms with E-state index in [0.717, 1.165) is 42.9 Å². The molecule has 0 spiro atoms. The van der Waals surface area contributed by atoms with Crippen molar-refractivity contribution in [3.05, 3.63) is 40.0 Å². The molecule has 0 saturated carbocycles. The summed E-state index contributed by atoms with van der Waals surface area (Å²) in [4.78, 5) is 19.0. The molecular formula is C19H21ClN6OS. The Labute approximate surface area is 171 Å². The highest BCUT2D eigenvalue weighted by molar-refractivity contribution is 7.99. The van der Waals surface area contributed by atoms with Gasteiger partial charge in [0.2, 0.25) is 5.91 Å². The van der Waals surface area contributed by atoms with E-state index in [-0.39, 0.29) is 17.1 Å². The molecule has 2 N–H and O–H groups in total. The zero-order valence-corrected chi connectivity index (χ0v) is 17.3. The fourth-order valence-corrected chi connectivity index (χ4v) is 4.46.